The van der Waals surface area contributed by atoms with Gasteiger partial charge in [-0.2, -0.15) is 0 Å². The number of rotatable bonds is 5. The van der Waals surface area contributed by atoms with Crippen molar-refractivity contribution in [2.24, 2.45) is 0 Å². The molecule has 8 nitrogen and oxygen atoms in total. The van der Waals surface area contributed by atoms with Gasteiger partial charge in [0.15, 0.2) is 0 Å². The van der Waals surface area contributed by atoms with Crippen molar-refractivity contribution in [3.05, 3.63) is 46.5 Å². The summed E-state index contributed by atoms with van der Waals surface area (Å²) in [5.74, 6) is 2.10. The molecule has 2 amide bonds. The van der Waals surface area contributed by atoms with Crippen LogP contribution in [0.15, 0.2) is 39.5 Å². The van der Waals surface area contributed by atoms with Crippen molar-refractivity contribution in [2.45, 2.75) is 13.0 Å². The van der Waals surface area contributed by atoms with Gasteiger partial charge in [-0.25, -0.2) is 9.59 Å². The molecule has 1 fully saturated rings. The van der Waals surface area contributed by atoms with Crippen LogP contribution in [0.25, 0.3) is 0 Å². The summed E-state index contributed by atoms with van der Waals surface area (Å²) in [6.45, 7) is 2.52. The Labute approximate surface area is 150 Å². The smallest absolute Gasteiger partial charge is 0.339 e. The average Bonchev–Trinajstić information content (AvgIpc) is 2.56. The van der Waals surface area contributed by atoms with Crippen LogP contribution in [-0.2, 0) is 0 Å². The first-order valence-corrected chi connectivity index (χ1v) is 8.04. The van der Waals surface area contributed by atoms with Crippen LogP contribution in [0.2, 0.25) is 0 Å². The van der Waals surface area contributed by atoms with Crippen LogP contribution in [0, 0.1) is 6.92 Å². The monoisotopic (exact) mass is 360 g/mol. The molecule has 3 rings (SSSR count). The molecule has 8 heteroatoms. The van der Waals surface area contributed by atoms with Crippen molar-refractivity contribution in [1.82, 2.24) is 4.90 Å². The number of urea groups is 1. The Hall–Kier alpha value is -3.16. The number of anilines is 1. The third-order valence-corrected chi connectivity index (χ3v) is 3.91. The first kappa shape index (κ1) is 17.7. The van der Waals surface area contributed by atoms with Gasteiger partial charge in [0.1, 0.15) is 29.1 Å². The summed E-state index contributed by atoms with van der Waals surface area (Å²) >= 11 is 0. The van der Waals surface area contributed by atoms with Gasteiger partial charge >= 0.3 is 11.7 Å². The van der Waals surface area contributed by atoms with Crippen LogP contribution in [0.3, 0.4) is 0 Å². The molecule has 26 heavy (non-hydrogen) atoms. The van der Waals surface area contributed by atoms with E-state index in [9.17, 15) is 9.59 Å². The lowest BCUT2D eigenvalue weighted by molar-refractivity contribution is 0.0487. The number of ether oxygens (including phenoxy) is 3. The summed E-state index contributed by atoms with van der Waals surface area (Å²) in [5.41, 5.74) is 0.118. The molecule has 0 radical (unpaired) electrons. The fourth-order valence-corrected chi connectivity index (χ4v) is 2.60. The Kier molecular flexibility index (Phi) is 5.01. The Morgan fingerprint density at radius 2 is 1.73 bits per heavy atom. The lowest BCUT2D eigenvalue weighted by Crippen LogP contribution is -2.57. The number of likely N-dealkylation sites (tertiary alicyclic amines) is 1. The normalized spacial score (nSPS) is 13.7. The zero-order valence-corrected chi connectivity index (χ0v) is 14.8. The number of hydrogen-bond donors (Lipinski definition) is 1. The number of nitrogens with zero attached hydrogens (tertiary/aromatic N) is 1. The second-order valence-corrected chi connectivity index (χ2v) is 5.90. The number of methoxy groups -OCH3 is 2. The maximum absolute atomic E-state index is 12.3. The molecule has 138 valence electrons. The molecule has 1 N–H and O–H groups in total. The summed E-state index contributed by atoms with van der Waals surface area (Å²) in [7, 11) is 3.09. The highest BCUT2D eigenvalue weighted by molar-refractivity contribution is 5.90. The second kappa shape index (κ2) is 7.38. The average molecular weight is 360 g/mol. The van der Waals surface area contributed by atoms with Crippen LogP contribution < -0.4 is 25.2 Å². The van der Waals surface area contributed by atoms with E-state index in [2.05, 4.69) is 5.32 Å². The quantitative estimate of drug-likeness (QED) is 0.880. The highest BCUT2D eigenvalue weighted by atomic mass is 16.5. The summed E-state index contributed by atoms with van der Waals surface area (Å²) < 4.78 is 20.9. The van der Waals surface area contributed by atoms with Gasteiger partial charge in [0.2, 0.25) is 0 Å². The molecule has 2 heterocycles. The molecule has 0 spiro atoms. The van der Waals surface area contributed by atoms with Crippen molar-refractivity contribution in [3.63, 3.8) is 0 Å². The molecule has 1 aliphatic heterocycles. The van der Waals surface area contributed by atoms with Crippen molar-refractivity contribution in [3.8, 4) is 17.2 Å². The third kappa shape index (κ3) is 4.08. The molecule has 1 aromatic heterocycles. The van der Waals surface area contributed by atoms with Gasteiger partial charge in [-0.3, -0.25) is 0 Å². The van der Waals surface area contributed by atoms with Gasteiger partial charge in [0, 0.05) is 30.0 Å². The minimum atomic E-state index is -0.458. The molecule has 0 unspecified atom stereocenters. The van der Waals surface area contributed by atoms with Gasteiger partial charge in [-0.05, 0) is 6.92 Å². The molecule has 0 bridgehead atoms. The van der Waals surface area contributed by atoms with Gasteiger partial charge < -0.3 is 28.8 Å². The van der Waals surface area contributed by atoms with E-state index in [1.54, 1.807) is 50.3 Å². The molecule has 1 saturated heterocycles. The van der Waals surface area contributed by atoms with E-state index in [-0.39, 0.29) is 12.1 Å². The van der Waals surface area contributed by atoms with E-state index in [4.69, 9.17) is 18.6 Å². The van der Waals surface area contributed by atoms with Crippen LogP contribution in [0.5, 0.6) is 17.2 Å². The first-order chi connectivity index (χ1) is 12.5. The van der Waals surface area contributed by atoms with Crippen molar-refractivity contribution in [2.75, 3.05) is 32.6 Å². The minimum Gasteiger partial charge on any atom is -0.497 e. The fraction of sp³-hybridized carbons (Fsp3) is 0.333. The Morgan fingerprint density at radius 1 is 1.08 bits per heavy atom. The molecular formula is C18H20N2O6. The number of carbonyl (C=O) groups excluding carboxylic acids is 1. The Balaban J connectivity index is 1.56. The predicted molar refractivity (Wildman–Crippen MR) is 94.3 cm³/mol. The number of hydrogen-bond acceptors (Lipinski definition) is 6. The van der Waals surface area contributed by atoms with Crippen molar-refractivity contribution in [1.29, 1.82) is 0 Å². The van der Waals surface area contributed by atoms with E-state index in [1.165, 1.54) is 6.07 Å². The lowest BCUT2D eigenvalue weighted by Gasteiger charge is -2.38. The molecule has 0 aliphatic carbocycles. The Bertz CT molecular complexity index is 835. The number of carbonyl (C=O) groups is 1. The number of nitrogens with one attached hydrogen (secondary N) is 1. The maximum atomic E-state index is 12.3. The van der Waals surface area contributed by atoms with E-state index >= 15 is 0 Å². The first-order valence-electron chi connectivity index (χ1n) is 8.04. The van der Waals surface area contributed by atoms with Crippen LogP contribution in [0.4, 0.5) is 10.5 Å². The van der Waals surface area contributed by atoms with E-state index < -0.39 is 5.63 Å². The standard InChI is InChI=1S/C18H20N2O6/c1-11-4-15(8-17(21)25-11)26-16-9-20(10-16)18(22)19-12-5-13(23-2)7-14(6-12)24-3/h4-8,16H,9-10H2,1-3H3,(H,19,22). The molecule has 2 aromatic rings. The highest BCUT2D eigenvalue weighted by Gasteiger charge is 2.32. The summed E-state index contributed by atoms with van der Waals surface area (Å²) in [5, 5.41) is 2.80. The highest BCUT2D eigenvalue weighted by Crippen LogP contribution is 2.26. The van der Waals surface area contributed by atoms with E-state index in [0.717, 1.165) is 0 Å². The molecular weight excluding hydrogens is 340 g/mol. The number of amides is 2. The predicted octanol–water partition coefficient (Wildman–Crippen LogP) is 2.26. The molecule has 0 atom stereocenters. The maximum Gasteiger partial charge on any atom is 0.339 e. The summed E-state index contributed by atoms with van der Waals surface area (Å²) in [4.78, 5) is 25.3. The minimum absolute atomic E-state index is 0.165. The van der Waals surface area contributed by atoms with Crippen LogP contribution >= 0.6 is 0 Å². The zero-order chi connectivity index (χ0) is 18.7. The van der Waals surface area contributed by atoms with Gasteiger partial charge in [0.05, 0.1) is 33.4 Å². The largest absolute Gasteiger partial charge is 0.497 e. The van der Waals surface area contributed by atoms with Crippen molar-refractivity contribution >= 4 is 11.7 Å². The molecule has 1 aromatic carbocycles. The van der Waals surface area contributed by atoms with Gasteiger partial charge in [0.25, 0.3) is 0 Å². The third-order valence-electron chi connectivity index (χ3n) is 3.91. The van der Waals surface area contributed by atoms with E-state index in [0.29, 0.717) is 41.8 Å². The molecule has 1 aliphatic rings. The SMILES string of the molecule is COc1cc(NC(=O)N2CC(Oc3cc(C)oc(=O)c3)C2)cc(OC)c1. The van der Waals surface area contributed by atoms with Gasteiger partial charge in [-0.1, -0.05) is 0 Å². The fourth-order valence-electron chi connectivity index (χ4n) is 2.60. The van der Waals surface area contributed by atoms with Crippen LogP contribution in [-0.4, -0.2) is 44.3 Å². The van der Waals surface area contributed by atoms with Gasteiger partial charge in [-0.15, -0.1) is 0 Å². The zero-order valence-electron chi connectivity index (χ0n) is 14.8. The number of benzene rings is 1. The van der Waals surface area contributed by atoms with Crippen LogP contribution in [0.1, 0.15) is 5.76 Å². The van der Waals surface area contributed by atoms with E-state index in [1.807, 2.05) is 0 Å². The topological polar surface area (TPSA) is 90.2 Å². The molecule has 0 saturated carbocycles. The lowest BCUT2D eigenvalue weighted by atomic mass is 10.2. The summed E-state index contributed by atoms with van der Waals surface area (Å²) in [6, 6.07) is 7.83. The Morgan fingerprint density at radius 3 is 2.31 bits per heavy atom. The summed E-state index contributed by atoms with van der Waals surface area (Å²) in [6.07, 6.45) is -0.165. The second-order valence-electron chi connectivity index (χ2n) is 5.90. The van der Waals surface area contributed by atoms with Crippen molar-refractivity contribution < 1.29 is 23.4 Å². The number of aryl methyl sites for hydroxylation is 1.